The van der Waals surface area contributed by atoms with E-state index in [0.29, 0.717) is 11.5 Å². The van der Waals surface area contributed by atoms with Crippen LogP contribution in [0.5, 0.6) is 0 Å². The van der Waals surface area contributed by atoms with Gasteiger partial charge in [0.05, 0.1) is 12.4 Å². The molecule has 2 N–H and O–H groups in total. The van der Waals surface area contributed by atoms with Crippen LogP contribution in [0.1, 0.15) is 12.1 Å². The zero-order valence-electron chi connectivity index (χ0n) is 8.90. The van der Waals surface area contributed by atoms with Crippen LogP contribution >= 0.6 is 0 Å². The number of hydrogen-bond acceptors (Lipinski definition) is 5. The van der Waals surface area contributed by atoms with Gasteiger partial charge < -0.3 is 10.6 Å². The fourth-order valence-corrected chi connectivity index (χ4v) is 1.51. The first kappa shape index (κ1) is 10.6. The summed E-state index contributed by atoms with van der Waals surface area (Å²) in [6, 6.07) is 1.94. The Kier molecular flexibility index (Phi) is 3.46. The van der Waals surface area contributed by atoms with Gasteiger partial charge in [0.15, 0.2) is 5.69 Å². The van der Waals surface area contributed by atoms with Crippen molar-refractivity contribution in [2.75, 3.05) is 25.0 Å². The standard InChI is InChI=1S/C11H13N5/c12-5-10-7-16-11(8-14-10)15-6-9-1-3-13-4-2-9/h1,7-8,13H,2-4,6H2,(H,15,16). The highest BCUT2D eigenvalue weighted by atomic mass is 15.0. The Bertz CT molecular complexity index is 415. The van der Waals surface area contributed by atoms with Crippen molar-refractivity contribution < 1.29 is 0 Å². The predicted octanol–water partition coefficient (Wildman–Crippen LogP) is 0.680. The monoisotopic (exact) mass is 215 g/mol. The highest BCUT2D eigenvalue weighted by Crippen LogP contribution is 2.06. The number of aromatic nitrogens is 2. The first-order valence-corrected chi connectivity index (χ1v) is 5.23. The molecule has 0 fully saturated rings. The highest BCUT2D eigenvalue weighted by Gasteiger charge is 2.03. The molecular formula is C11H13N5. The van der Waals surface area contributed by atoms with Crippen LogP contribution in [0.15, 0.2) is 24.0 Å². The number of nitrogens with zero attached hydrogens (tertiary/aromatic N) is 3. The predicted molar refractivity (Wildman–Crippen MR) is 60.8 cm³/mol. The Hall–Kier alpha value is -1.93. The summed E-state index contributed by atoms with van der Waals surface area (Å²) in [5.74, 6) is 0.707. The van der Waals surface area contributed by atoms with Crippen LogP contribution in [0.4, 0.5) is 5.82 Å². The summed E-state index contributed by atoms with van der Waals surface area (Å²) in [5.41, 5.74) is 1.72. The quantitative estimate of drug-likeness (QED) is 0.725. The summed E-state index contributed by atoms with van der Waals surface area (Å²) in [4.78, 5) is 8.04. The minimum atomic E-state index is 0.339. The Morgan fingerprint density at radius 1 is 1.44 bits per heavy atom. The molecule has 82 valence electrons. The van der Waals surface area contributed by atoms with Crippen molar-refractivity contribution in [3.63, 3.8) is 0 Å². The maximum Gasteiger partial charge on any atom is 0.158 e. The van der Waals surface area contributed by atoms with Crippen LogP contribution in [-0.2, 0) is 0 Å². The van der Waals surface area contributed by atoms with Gasteiger partial charge >= 0.3 is 0 Å². The van der Waals surface area contributed by atoms with Crippen LogP contribution in [0, 0.1) is 11.3 Å². The first-order chi connectivity index (χ1) is 7.88. The molecule has 2 rings (SSSR count). The van der Waals surface area contributed by atoms with Gasteiger partial charge in [0.1, 0.15) is 11.9 Å². The van der Waals surface area contributed by atoms with Crippen molar-refractivity contribution in [1.82, 2.24) is 15.3 Å². The van der Waals surface area contributed by atoms with Crippen molar-refractivity contribution in [2.24, 2.45) is 0 Å². The summed E-state index contributed by atoms with van der Waals surface area (Å²) < 4.78 is 0. The SMILES string of the molecule is N#Cc1cnc(NCC2=CCNCC2)cn1. The molecule has 0 aromatic carbocycles. The Morgan fingerprint density at radius 2 is 2.38 bits per heavy atom. The minimum Gasteiger partial charge on any atom is -0.365 e. The van der Waals surface area contributed by atoms with Gasteiger partial charge in [-0.2, -0.15) is 5.26 Å². The molecule has 1 aliphatic heterocycles. The lowest BCUT2D eigenvalue weighted by Gasteiger charge is -2.14. The topological polar surface area (TPSA) is 73.6 Å². The number of anilines is 1. The van der Waals surface area contributed by atoms with Gasteiger partial charge in [0, 0.05) is 13.1 Å². The molecule has 1 aromatic heterocycles. The van der Waals surface area contributed by atoms with E-state index in [1.54, 1.807) is 6.20 Å². The second kappa shape index (κ2) is 5.24. The molecule has 0 radical (unpaired) electrons. The van der Waals surface area contributed by atoms with E-state index in [9.17, 15) is 0 Å². The third-order valence-corrected chi connectivity index (χ3v) is 2.42. The highest BCUT2D eigenvalue weighted by molar-refractivity contribution is 5.35. The normalized spacial score (nSPS) is 15.1. The molecule has 5 heteroatoms. The maximum atomic E-state index is 8.57. The van der Waals surface area contributed by atoms with Gasteiger partial charge in [-0.15, -0.1) is 0 Å². The lowest BCUT2D eigenvalue weighted by molar-refractivity contribution is 0.697. The molecule has 0 unspecified atom stereocenters. The van der Waals surface area contributed by atoms with E-state index in [1.807, 2.05) is 6.07 Å². The maximum absolute atomic E-state index is 8.57. The number of hydrogen-bond donors (Lipinski definition) is 2. The lowest BCUT2D eigenvalue weighted by Crippen LogP contribution is -2.23. The molecule has 2 heterocycles. The van der Waals surface area contributed by atoms with Crippen LogP contribution in [-0.4, -0.2) is 29.6 Å². The van der Waals surface area contributed by atoms with Crippen LogP contribution in [0.25, 0.3) is 0 Å². The summed E-state index contributed by atoms with van der Waals surface area (Å²) in [6.45, 7) is 2.77. The average molecular weight is 215 g/mol. The Balaban J connectivity index is 1.89. The minimum absolute atomic E-state index is 0.339. The number of nitriles is 1. The van der Waals surface area contributed by atoms with Crippen molar-refractivity contribution in [1.29, 1.82) is 5.26 Å². The molecule has 0 aliphatic carbocycles. The smallest absolute Gasteiger partial charge is 0.158 e. The van der Waals surface area contributed by atoms with Gasteiger partial charge in [0.25, 0.3) is 0 Å². The lowest BCUT2D eigenvalue weighted by atomic mass is 10.1. The van der Waals surface area contributed by atoms with E-state index in [1.165, 1.54) is 11.8 Å². The summed E-state index contributed by atoms with van der Waals surface area (Å²) >= 11 is 0. The fraction of sp³-hybridized carbons (Fsp3) is 0.364. The van der Waals surface area contributed by atoms with Gasteiger partial charge in [-0.3, -0.25) is 0 Å². The van der Waals surface area contributed by atoms with Crippen molar-refractivity contribution in [3.8, 4) is 6.07 Å². The fourth-order valence-electron chi connectivity index (χ4n) is 1.51. The van der Waals surface area contributed by atoms with Gasteiger partial charge in [-0.1, -0.05) is 11.6 Å². The van der Waals surface area contributed by atoms with E-state index >= 15 is 0 Å². The second-order valence-electron chi connectivity index (χ2n) is 3.57. The molecular weight excluding hydrogens is 202 g/mol. The molecule has 5 nitrogen and oxygen atoms in total. The summed E-state index contributed by atoms with van der Waals surface area (Å²) in [6.07, 6.45) is 6.31. The molecule has 0 amide bonds. The Morgan fingerprint density at radius 3 is 3.00 bits per heavy atom. The average Bonchev–Trinajstić information content (AvgIpc) is 2.38. The number of nitrogens with one attached hydrogen (secondary N) is 2. The van der Waals surface area contributed by atoms with Gasteiger partial charge in [-0.25, -0.2) is 9.97 Å². The van der Waals surface area contributed by atoms with E-state index in [2.05, 4.69) is 26.7 Å². The zero-order chi connectivity index (χ0) is 11.2. The molecule has 0 saturated carbocycles. The second-order valence-corrected chi connectivity index (χ2v) is 3.57. The Labute approximate surface area is 94.2 Å². The van der Waals surface area contributed by atoms with Gasteiger partial charge in [-0.05, 0) is 13.0 Å². The molecule has 0 atom stereocenters. The third kappa shape index (κ3) is 2.78. The zero-order valence-corrected chi connectivity index (χ0v) is 8.90. The van der Waals surface area contributed by atoms with E-state index in [0.717, 1.165) is 26.1 Å². The molecule has 1 aromatic rings. The van der Waals surface area contributed by atoms with Crippen molar-refractivity contribution in [2.45, 2.75) is 6.42 Å². The van der Waals surface area contributed by atoms with E-state index in [-0.39, 0.29) is 0 Å². The van der Waals surface area contributed by atoms with Crippen LogP contribution in [0.2, 0.25) is 0 Å². The molecule has 0 spiro atoms. The first-order valence-electron chi connectivity index (χ1n) is 5.23. The van der Waals surface area contributed by atoms with E-state index < -0.39 is 0 Å². The number of rotatable bonds is 3. The largest absolute Gasteiger partial charge is 0.365 e. The molecule has 1 aliphatic rings. The van der Waals surface area contributed by atoms with Crippen molar-refractivity contribution in [3.05, 3.63) is 29.7 Å². The van der Waals surface area contributed by atoms with Gasteiger partial charge in [0.2, 0.25) is 0 Å². The summed E-state index contributed by atoms with van der Waals surface area (Å²) in [7, 11) is 0. The third-order valence-electron chi connectivity index (χ3n) is 2.42. The molecule has 0 saturated heterocycles. The van der Waals surface area contributed by atoms with Crippen LogP contribution < -0.4 is 10.6 Å². The van der Waals surface area contributed by atoms with E-state index in [4.69, 9.17) is 5.26 Å². The molecule has 16 heavy (non-hydrogen) atoms. The van der Waals surface area contributed by atoms with Crippen molar-refractivity contribution >= 4 is 5.82 Å². The molecule has 0 bridgehead atoms. The summed E-state index contributed by atoms with van der Waals surface area (Å²) in [5, 5.41) is 15.0. The van der Waals surface area contributed by atoms with Crippen LogP contribution in [0.3, 0.4) is 0 Å².